The van der Waals surface area contributed by atoms with E-state index in [2.05, 4.69) is 45.9 Å². The maximum Gasteiger partial charge on any atom is 0.201 e. The van der Waals surface area contributed by atoms with Gasteiger partial charge in [0.25, 0.3) is 0 Å². The number of hydrogen-bond acceptors (Lipinski definition) is 3. The van der Waals surface area contributed by atoms with Crippen LogP contribution in [-0.2, 0) is 0 Å². The van der Waals surface area contributed by atoms with Crippen molar-refractivity contribution in [1.82, 2.24) is 9.56 Å². The molecule has 122 valence electrons. The fourth-order valence-electron chi connectivity index (χ4n) is 3.95. The van der Waals surface area contributed by atoms with Crippen LogP contribution in [0.3, 0.4) is 0 Å². The second-order valence-electron chi connectivity index (χ2n) is 6.91. The lowest BCUT2D eigenvalue weighted by molar-refractivity contribution is 0.694. The van der Waals surface area contributed by atoms with Gasteiger partial charge < -0.3 is 4.90 Å². The smallest absolute Gasteiger partial charge is 0.201 e. The molecule has 0 spiro atoms. The highest BCUT2D eigenvalue weighted by Gasteiger charge is 2.16. The molecule has 0 unspecified atom stereocenters. The third kappa shape index (κ3) is 2.49. The molecule has 4 heteroatoms. The monoisotopic (exact) mass is 336 g/mol. The summed E-state index contributed by atoms with van der Waals surface area (Å²) < 4.78 is 3.79. The summed E-state index contributed by atoms with van der Waals surface area (Å²) in [6.45, 7) is 4.76. The second kappa shape index (κ2) is 5.85. The van der Waals surface area contributed by atoms with E-state index in [1.165, 1.54) is 72.5 Å². The van der Waals surface area contributed by atoms with Gasteiger partial charge in [0.1, 0.15) is 13.1 Å². The van der Waals surface area contributed by atoms with E-state index in [1.807, 2.05) is 11.3 Å². The Bertz CT molecular complexity index is 929. The number of benzene rings is 2. The third-order valence-electron chi connectivity index (χ3n) is 5.29. The maximum absolute atomic E-state index is 4.89. The number of rotatable bonds is 1. The molecule has 0 bridgehead atoms. The lowest BCUT2D eigenvalue weighted by Gasteiger charge is -2.18. The Hall–Kier alpha value is -1.94. The summed E-state index contributed by atoms with van der Waals surface area (Å²) in [5, 5.41) is 1.35. The fraction of sp³-hybridized carbons (Fsp3) is 0.400. The molecule has 0 amide bonds. The normalized spacial score (nSPS) is 18.2. The Labute approximate surface area is 146 Å². The minimum absolute atomic E-state index is 1.12. The summed E-state index contributed by atoms with van der Waals surface area (Å²) in [5.41, 5.74) is 3.59. The van der Waals surface area contributed by atoms with E-state index in [-0.39, 0.29) is 0 Å². The summed E-state index contributed by atoms with van der Waals surface area (Å²) in [5.74, 6) is 0. The first-order valence-corrected chi connectivity index (χ1v) is 9.86. The molecule has 0 atom stereocenters. The molecule has 4 aliphatic rings. The first-order valence-electron chi connectivity index (χ1n) is 9.04. The number of fused-ring (bicyclic) bond motifs is 2. The first-order chi connectivity index (χ1) is 11.9. The summed E-state index contributed by atoms with van der Waals surface area (Å²) in [7, 11) is 0. The van der Waals surface area contributed by atoms with Gasteiger partial charge in [-0.15, -0.1) is 11.3 Å². The summed E-state index contributed by atoms with van der Waals surface area (Å²) >= 11 is 1.88. The quantitative estimate of drug-likeness (QED) is 0.500. The SMILES string of the molecule is c1cc2nc3ccc(=[N+]4CCCC4)cc-3sc2cc1N1CCCC1. The Morgan fingerprint density at radius 1 is 0.917 bits per heavy atom. The van der Waals surface area contributed by atoms with Crippen LogP contribution in [0.4, 0.5) is 5.69 Å². The van der Waals surface area contributed by atoms with Crippen molar-refractivity contribution in [2.24, 2.45) is 0 Å². The van der Waals surface area contributed by atoms with Crippen LogP contribution in [0.15, 0.2) is 36.4 Å². The average molecular weight is 336 g/mol. The summed E-state index contributed by atoms with van der Waals surface area (Å²) in [6, 6.07) is 13.5. The standard InChI is InChI=1S/C20H22N3S/c1-2-10-22(9-1)15-5-7-17-19(13-15)24-20-14-16(6-8-18(20)21-17)23-11-3-4-12-23/h5-8,13-14H,1-4,9-12H2/q+1. The molecule has 0 N–H and O–H groups in total. The van der Waals surface area contributed by atoms with Crippen LogP contribution < -0.4 is 14.8 Å². The predicted molar refractivity (Wildman–Crippen MR) is 102 cm³/mol. The molecule has 3 heterocycles. The van der Waals surface area contributed by atoms with Crippen molar-refractivity contribution >= 4 is 27.2 Å². The molecule has 24 heavy (non-hydrogen) atoms. The van der Waals surface area contributed by atoms with E-state index in [4.69, 9.17) is 4.98 Å². The van der Waals surface area contributed by atoms with Gasteiger partial charge in [-0.2, -0.15) is 0 Å². The van der Waals surface area contributed by atoms with Crippen LogP contribution in [0.25, 0.3) is 20.8 Å². The van der Waals surface area contributed by atoms with Gasteiger partial charge in [0.15, 0.2) is 0 Å². The summed E-state index contributed by atoms with van der Waals surface area (Å²) in [6.07, 6.45) is 5.26. The predicted octanol–water partition coefficient (Wildman–Crippen LogP) is 3.57. The van der Waals surface area contributed by atoms with E-state index in [9.17, 15) is 0 Å². The topological polar surface area (TPSA) is 19.1 Å². The third-order valence-corrected chi connectivity index (χ3v) is 6.38. The number of nitrogens with zero attached hydrogens (tertiary/aromatic N) is 3. The van der Waals surface area contributed by atoms with Crippen LogP contribution in [0.2, 0.25) is 0 Å². The van der Waals surface area contributed by atoms with Crippen molar-refractivity contribution in [2.45, 2.75) is 25.7 Å². The van der Waals surface area contributed by atoms with Gasteiger partial charge in [0.2, 0.25) is 5.36 Å². The van der Waals surface area contributed by atoms with Crippen LogP contribution in [0.1, 0.15) is 25.7 Å². The largest absolute Gasteiger partial charge is 0.371 e. The summed E-state index contributed by atoms with van der Waals surface area (Å²) in [4.78, 5) is 8.68. The minimum atomic E-state index is 1.12. The van der Waals surface area contributed by atoms with E-state index in [0.717, 1.165) is 11.2 Å². The second-order valence-corrected chi connectivity index (χ2v) is 7.99. The molecule has 1 aliphatic carbocycles. The van der Waals surface area contributed by atoms with Crippen molar-refractivity contribution in [3.05, 3.63) is 41.8 Å². The highest BCUT2D eigenvalue weighted by Crippen LogP contribution is 2.32. The molecule has 0 saturated carbocycles. The van der Waals surface area contributed by atoms with E-state index < -0.39 is 0 Å². The molecular weight excluding hydrogens is 314 g/mol. The zero-order chi connectivity index (χ0) is 15.9. The number of aromatic nitrogens is 1. The van der Waals surface area contributed by atoms with Gasteiger partial charge in [-0.05, 0) is 37.1 Å². The van der Waals surface area contributed by atoms with Crippen molar-refractivity contribution < 1.29 is 0 Å². The molecule has 5 rings (SSSR count). The van der Waals surface area contributed by atoms with Crippen molar-refractivity contribution in [1.29, 1.82) is 0 Å². The zero-order valence-electron chi connectivity index (χ0n) is 13.9. The Kier molecular flexibility index (Phi) is 3.51. The average Bonchev–Trinajstić information content (AvgIpc) is 3.32. The van der Waals surface area contributed by atoms with Crippen molar-refractivity contribution in [2.75, 3.05) is 31.1 Å². The number of hydrogen-bond donors (Lipinski definition) is 0. The van der Waals surface area contributed by atoms with Crippen molar-refractivity contribution in [3.8, 4) is 10.6 Å². The molecule has 2 fully saturated rings. The van der Waals surface area contributed by atoms with Gasteiger partial charge in [-0.3, -0.25) is 0 Å². The highest BCUT2D eigenvalue weighted by atomic mass is 32.1. The molecule has 2 saturated heterocycles. The lowest BCUT2D eigenvalue weighted by Crippen LogP contribution is -2.26. The number of anilines is 1. The van der Waals surface area contributed by atoms with Gasteiger partial charge >= 0.3 is 0 Å². The van der Waals surface area contributed by atoms with Crippen molar-refractivity contribution in [3.63, 3.8) is 0 Å². The zero-order valence-corrected chi connectivity index (χ0v) is 14.7. The Morgan fingerprint density at radius 3 is 2.58 bits per heavy atom. The highest BCUT2D eigenvalue weighted by molar-refractivity contribution is 7.21. The van der Waals surface area contributed by atoms with Crippen LogP contribution >= 0.6 is 11.3 Å². The molecule has 3 nitrogen and oxygen atoms in total. The molecule has 3 aliphatic heterocycles. The Morgan fingerprint density at radius 2 is 1.75 bits per heavy atom. The van der Waals surface area contributed by atoms with Crippen LogP contribution in [0, 0.1) is 0 Å². The lowest BCUT2D eigenvalue weighted by atomic mass is 10.2. The van der Waals surface area contributed by atoms with E-state index >= 15 is 0 Å². The molecule has 1 aromatic carbocycles. The van der Waals surface area contributed by atoms with E-state index in [1.54, 1.807) is 0 Å². The molecule has 0 aromatic heterocycles. The molecule has 0 radical (unpaired) electrons. The first kappa shape index (κ1) is 14.4. The van der Waals surface area contributed by atoms with Gasteiger partial charge in [0.05, 0.1) is 20.8 Å². The maximum atomic E-state index is 4.89. The van der Waals surface area contributed by atoms with Gasteiger partial charge in [-0.1, -0.05) is 0 Å². The van der Waals surface area contributed by atoms with E-state index in [0.29, 0.717) is 0 Å². The molecule has 1 aromatic rings. The Balaban J connectivity index is 1.66. The van der Waals surface area contributed by atoms with Crippen LogP contribution in [-0.4, -0.2) is 31.2 Å². The van der Waals surface area contributed by atoms with Gasteiger partial charge in [0, 0.05) is 43.8 Å². The minimum Gasteiger partial charge on any atom is -0.371 e. The van der Waals surface area contributed by atoms with Gasteiger partial charge in [-0.25, -0.2) is 9.56 Å². The van der Waals surface area contributed by atoms with Crippen LogP contribution in [0.5, 0.6) is 0 Å². The fourth-order valence-corrected chi connectivity index (χ4v) is 4.98. The molecular formula is C20H22N3S+.